The second kappa shape index (κ2) is 9.01. The van der Waals surface area contributed by atoms with Crippen molar-refractivity contribution in [2.45, 2.75) is 135 Å². The molecule has 0 fully saturated rings. The summed E-state index contributed by atoms with van der Waals surface area (Å²) in [7, 11) is 0. The highest BCUT2D eigenvalue weighted by Crippen LogP contribution is 2.54. The fourth-order valence-electron chi connectivity index (χ4n) is 10.9. The standard InChI is InChI=1S/C44H53BN2/c1-39(2,3)26-14-16-29-33(20-26)45-34-22-31-32(43(10,11)25-42(31,8)9)23-36(34)47(35-18-19-46-38(37(35)45)44(29,12)13)27-15-17-28-30(21-27)41(6,7)24-40(28,4)5/h14-23H,24-25H2,1-13H3. The van der Waals surface area contributed by atoms with Crippen molar-refractivity contribution in [3.05, 3.63) is 99.9 Å². The molecule has 2 aliphatic heterocycles. The number of hydrogen-bond acceptors (Lipinski definition) is 2. The zero-order valence-electron chi connectivity index (χ0n) is 31.2. The van der Waals surface area contributed by atoms with Gasteiger partial charge in [0.15, 0.2) is 0 Å². The van der Waals surface area contributed by atoms with Crippen LogP contribution in [0.15, 0.2) is 60.8 Å². The lowest BCUT2D eigenvalue weighted by atomic mass is 9.30. The number of hydrogen-bond donors (Lipinski definition) is 0. The Labute approximate surface area is 284 Å². The molecule has 0 radical (unpaired) electrons. The molecule has 47 heavy (non-hydrogen) atoms. The largest absolute Gasteiger partial charge is 0.311 e. The van der Waals surface area contributed by atoms with E-state index >= 15 is 0 Å². The molecule has 8 rings (SSSR count). The third-order valence-corrected chi connectivity index (χ3v) is 12.7. The van der Waals surface area contributed by atoms with Gasteiger partial charge in [0, 0.05) is 34.4 Å². The van der Waals surface area contributed by atoms with Crippen molar-refractivity contribution in [2.75, 3.05) is 4.90 Å². The number of rotatable bonds is 1. The van der Waals surface area contributed by atoms with Crippen LogP contribution in [0.5, 0.6) is 0 Å². The lowest BCUT2D eigenvalue weighted by Crippen LogP contribution is -2.64. The van der Waals surface area contributed by atoms with E-state index < -0.39 is 0 Å². The maximum absolute atomic E-state index is 5.23. The molecule has 3 aromatic carbocycles. The van der Waals surface area contributed by atoms with Crippen LogP contribution in [-0.2, 0) is 32.5 Å². The average molecular weight is 621 g/mol. The van der Waals surface area contributed by atoms with E-state index in [2.05, 4.69) is 156 Å². The Balaban J connectivity index is 1.48. The van der Waals surface area contributed by atoms with Gasteiger partial charge in [-0.15, -0.1) is 0 Å². The lowest BCUT2D eigenvalue weighted by Gasteiger charge is -2.45. The number of fused-ring (bicyclic) bond motifs is 6. The lowest BCUT2D eigenvalue weighted by molar-refractivity contribution is 0.403. The van der Waals surface area contributed by atoms with Crippen molar-refractivity contribution in [2.24, 2.45) is 0 Å². The van der Waals surface area contributed by atoms with Gasteiger partial charge in [0.05, 0.1) is 0 Å². The van der Waals surface area contributed by atoms with Crippen molar-refractivity contribution in [3.8, 4) is 0 Å². The van der Waals surface area contributed by atoms with Gasteiger partial charge in [0.2, 0.25) is 6.71 Å². The van der Waals surface area contributed by atoms with E-state index in [4.69, 9.17) is 4.98 Å². The van der Waals surface area contributed by atoms with E-state index in [1.807, 2.05) is 0 Å². The Morgan fingerprint density at radius 3 is 1.81 bits per heavy atom. The maximum atomic E-state index is 5.23. The smallest absolute Gasteiger partial charge is 0.249 e. The fourth-order valence-corrected chi connectivity index (χ4v) is 10.9. The Morgan fingerprint density at radius 2 is 1.17 bits per heavy atom. The SMILES string of the molecule is CC(C)(C)c1ccc2c(c1)B1c3cc4c(cc3N(c3ccc5c(c3)C(C)(C)CC5(C)C)c3ccnc(c31)C2(C)C)C(C)(C)CC4(C)C. The van der Waals surface area contributed by atoms with Gasteiger partial charge in [0.25, 0.3) is 0 Å². The minimum absolute atomic E-state index is 0.0652. The molecule has 0 bridgehead atoms. The van der Waals surface area contributed by atoms with Crippen molar-refractivity contribution < 1.29 is 0 Å². The number of benzene rings is 3. The number of anilines is 3. The van der Waals surface area contributed by atoms with E-state index in [0.29, 0.717) is 0 Å². The minimum Gasteiger partial charge on any atom is -0.311 e. The van der Waals surface area contributed by atoms with Crippen LogP contribution >= 0.6 is 0 Å². The maximum Gasteiger partial charge on any atom is 0.249 e. The molecule has 0 atom stereocenters. The molecule has 0 amide bonds. The normalized spacial score (nSPS) is 21.5. The van der Waals surface area contributed by atoms with E-state index in [9.17, 15) is 0 Å². The van der Waals surface area contributed by atoms with Crippen LogP contribution in [0.2, 0.25) is 0 Å². The van der Waals surface area contributed by atoms with E-state index in [1.165, 1.54) is 78.9 Å². The molecule has 0 saturated heterocycles. The van der Waals surface area contributed by atoms with E-state index in [1.54, 1.807) is 0 Å². The third kappa shape index (κ3) is 4.13. The van der Waals surface area contributed by atoms with Gasteiger partial charge in [-0.3, -0.25) is 4.98 Å². The van der Waals surface area contributed by atoms with E-state index in [0.717, 1.165) is 6.42 Å². The molecule has 1 aromatic heterocycles. The highest BCUT2D eigenvalue weighted by atomic mass is 15.2. The molecular weight excluding hydrogens is 567 g/mol. The Hall–Kier alpha value is -3.33. The summed E-state index contributed by atoms with van der Waals surface area (Å²) in [4.78, 5) is 7.85. The second-order valence-corrected chi connectivity index (χ2v) is 19.6. The molecule has 3 heterocycles. The Bertz CT molecular complexity index is 2020. The van der Waals surface area contributed by atoms with Crippen molar-refractivity contribution in [1.82, 2.24) is 4.98 Å². The van der Waals surface area contributed by atoms with E-state index in [-0.39, 0.29) is 39.2 Å². The van der Waals surface area contributed by atoms with Crippen LogP contribution in [0.25, 0.3) is 0 Å². The predicted octanol–water partition coefficient (Wildman–Crippen LogP) is 9.24. The van der Waals surface area contributed by atoms with Gasteiger partial charge in [0.1, 0.15) is 0 Å². The van der Waals surface area contributed by atoms with Crippen LogP contribution in [0.4, 0.5) is 17.1 Å². The molecule has 2 nitrogen and oxygen atoms in total. The Kier molecular flexibility index (Phi) is 5.94. The van der Waals surface area contributed by atoms with Crippen molar-refractivity contribution in [3.63, 3.8) is 0 Å². The number of aromatic nitrogens is 1. The summed E-state index contributed by atoms with van der Waals surface area (Å²) in [6, 6.07) is 22.2. The molecule has 242 valence electrons. The van der Waals surface area contributed by atoms with Gasteiger partial charge in [-0.05, 0) is 108 Å². The molecule has 3 heteroatoms. The van der Waals surface area contributed by atoms with Gasteiger partial charge < -0.3 is 4.90 Å². The van der Waals surface area contributed by atoms with Crippen LogP contribution in [-0.4, -0.2) is 11.7 Å². The molecule has 4 aliphatic rings. The van der Waals surface area contributed by atoms with Gasteiger partial charge in [-0.2, -0.15) is 0 Å². The number of nitrogens with zero attached hydrogens (tertiary/aromatic N) is 2. The third-order valence-electron chi connectivity index (χ3n) is 12.7. The summed E-state index contributed by atoms with van der Waals surface area (Å²) in [6.07, 6.45) is 4.39. The fraction of sp³-hybridized carbons (Fsp3) is 0.477. The molecule has 4 aromatic rings. The molecule has 0 N–H and O–H groups in total. The quantitative estimate of drug-likeness (QED) is 0.174. The zero-order chi connectivity index (χ0) is 33.9. The first-order chi connectivity index (χ1) is 21.7. The van der Waals surface area contributed by atoms with Gasteiger partial charge in [-0.25, -0.2) is 0 Å². The van der Waals surface area contributed by atoms with Crippen LogP contribution < -0.4 is 21.3 Å². The van der Waals surface area contributed by atoms with Gasteiger partial charge >= 0.3 is 0 Å². The highest BCUT2D eigenvalue weighted by molar-refractivity contribution is 6.99. The molecule has 2 aliphatic carbocycles. The van der Waals surface area contributed by atoms with Crippen LogP contribution in [0.1, 0.15) is 142 Å². The summed E-state index contributed by atoms with van der Waals surface area (Å²) in [5.74, 6) is 0. The zero-order valence-corrected chi connectivity index (χ0v) is 31.2. The summed E-state index contributed by atoms with van der Waals surface area (Å²) < 4.78 is 0. The summed E-state index contributed by atoms with van der Waals surface area (Å²) >= 11 is 0. The summed E-state index contributed by atoms with van der Waals surface area (Å²) in [5.41, 5.74) is 18.6. The Morgan fingerprint density at radius 1 is 0.596 bits per heavy atom. The molecule has 0 saturated carbocycles. The molecule has 0 unspecified atom stereocenters. The monoisotopic (exact) mass is 620 g/mol. The first kappa shape index (κ1) is 31.0. The molecule has 0 spiro atoms. The first-order valence-electron chi connectivity index (χ1n) is 17.9. The highest BCUT2D eigenvalue weighted by Gasteiger charge is 2.50. The van der Waals surface area contributed by atoms with Crippen LogP contribution in [0, 0.1) is 0 Å². The second-order valence-electron chi connectivity index (χ2n) is 19.6. The topological polar surface area (TPSA) is 16.1 Å². The van der Waals surface area contributed by atoms with Crippen molar-refractivity contribution in [1.29, 1.82) is 0 Å². The minimum atomic E-state index is -0.210. The van der Waals surface area contributed by atoms with Crippen molar-refractivity contribution >= 4 is 40.2 Å². The van der Waals surface area contributed by atoms with Gasteiger partial charge in [-0.1, -0.05) is 126 Å². The van der Waals surface area contributed by atoms with Crippen LogP contribution in [0.3, 0.4) is 0 Å². The summed E-state index contributed by atoms with van der Waals surface area (Å²) in [6.45, 7) is 31.4. The number of pyridine rings is 1. The first-order valence-corrected chi connectivity index (χ1v) is 17.9. The molecular formula is C44H53BN2. The predicted molar refractivity (Wildman–Crippen MR) is 202 cm³/mol. The average Bonchev–Trinajstić information content (AvgIpc) is 3.27. The summed E-state index contributed by atoms with van der Waals surface area (Å²) in [5, 5.41) is 0.